The van der Waals surface area contributed by atoms with Crippen molar-refractivity contribution in [1.82, 2.24) is 0 Å². The molecule has 0 amide bonds. The zero-order valence-corrected chi connectivity index (χ0v) is 21.2. The highest BCUT2D eigenvalue weighted by Crippen LogP contribution is 2.71. The largest absolute Gasteiger partial charge is 0.549 e. The molecule has 0 spiro atoms. The highest BCUT2D eigenvalue weighted by atomic mass is 31.2. The summed E-state index contributed by atoms with van der Waals surface area (Å²) in [7, 11) is -3.38. The first-order valence-electron chi connectivity index (χ1n) is 12.6. The summed E-state index contributed by atoms with van der Waals surface area (Å²) in [5.74, 6) is -1.43. The van der Waals surface area contributed by atoms with E-state index in [0.29, 0.717) is 0 Å². The quantitative estimate of drug-likeness (QED) is 0.207. The van der Waals surface area contributed by atoms with Crippen LogP contribution in [0.2, 0.25) is 0 Å². The van der Waals surface area contributed by atoms with E-state index in [1.54, 1.807) is 0 Å². The second-order valence-corrected chi connectivity index (χ2v) is 12.2. The van der Waals surface area contributed by atoms with Gasteiger partial charge in [0.1, 0.15) is 11.7 Å². The van der Waals surface area contributed by atoms with Gasteiger partial charge < -0.3 is 13.9 Å². The van der Waals surface area contributed by atoms with E-state index in [2.05, 4.69) is 0 Å². The third-order valence-electron chi connectivity index (χ3n) is 7.14. The molecule has 37 heavy (non-hydrogen) atoms. The predicted molar refractivity (Wildman–Crippen MR) is 152 cm³/mol. The Bertz CT molecular complexity index is 1400. The van der Waals surface area contributed by atoms with Crippen LogP contribution in [0.25, 0.3) is 0 Å². The minimum atomic E-state index is -3.38. The lowest BCUT2D eigenvalue weighted by molar-refractivity contribution is 0.123. The van der Waals surface area contributed by atoms with Crippen molar-refractivity contribution in [3.63, 3.8) is 0 Å². The first kappa shape index (κ1) is 23.7. The molecule has 1 fully saturated rings. The van der Waals surface area contributed by atoms with E-state index in [-0.39, 0.29) is 0 Å². The van der Waals surface area contributed by atoms with Gasteiger partial charge in [0, 0.05) is 5.30 Å². The van der Waals surface area contributed by atoms with Crippen molar-refractivity contribution in [3.8, 4) is 0 Å². The van der Waals surface area contributed by atoms with E-state index in [0.717, 1.165) is 27.4 Å². The van der Waals surface area contributed by atoms with Crippen LogP contribution in [0.5, 0.6) is 0 Å². The normalized spacial score (nSPS) is 22.8. The lowest BCUT2D eigenvalue weighted by Crippen LogP contribution is -2.66. The maximum absolute atomic E-state index is 15.6. The Hall–Kier alpha value is -3.69. The molecule has 0 radical (unpaired) electrons. The Kier molecular flexibility index (Phi) is 6.40. The Labute approximate surface area is 218 Å². The van der Waals surface area contributed by atoms with E-state index >= 15 is 4.57 Å². The van der Waals surface area contributed by atoms with Crippen LogP contribution in [-0.4, -0.2) is 6.55 Å². The standard InChI is InChI=1S/C32H27BO3P/c34-37(30-24-14-5-15-25-30)31(26-16-6-1-7-17-26)35-33(28-20-10-3-11-21-28,29-22-12-4-13-23-29)36-32(37)27-18-8-2-9-19-27/h1-25,31-32H/q-1. The van der Waals surface area contributed by atoms with Crippen molar-refractivity contribution >= 4 is 29.9 Å². The number of rotatable bonds is 5. The Balaban J connectivity index is 1.67. The van der Waals surface area contributed by atoms with Crippen LogP contribution in [0.15, 0.2) is 152 Å². The van der Waals surface area contributed by atoms with Crippen LogP contribution in [0, 0.1) is 0 Å². The molecule has 2 unspecified atom stereocenters. The summed E-state index contributed by atoms with van der Waals surface area (Å²) in [6.07, 6.45) is 0. The van der Waals surface area contributed by atoms with Crippen molar-refractivity contribution in [2.75, 3.05) is 0 Å². The third-order valence-corrected chi connectivity index (χ3v) is 10.5. The van der Waals surface area contributed by atoms with Crippen molar-refractivity contribution in [3.05, 3.63) is 163 Å². The molecule has 6 rings (SSSR count). The fourth-order valence-corrected chi connectivity index (χ4v) is 8.75. The molecule has 0 aromatic heterocycles. The molecular weight excluding hydrogens is 474 g/mol. The van der Waals surface area contributed by atoms with E-state index < -0.39 is 25.4 Å². The van der Waals surface area contributed by atoms with E-state index in [1.165, 1.54) is 0 Å². The molecule has 0 N–H and O–H groups in total. The molecule has 2 atom stereocenters. The summed E-state index contributed by atoms with van der Waals surface area (Å²) >= 11 is 0. The molecule has 1 aliphatic rings. The first-order chi connectivity index (χ1) is 18.2. The highest BCUT2D eigenvalue weighted by Gasteiger charge is 2.53. The Morgan fingerprint density at radius 1 is 0.459 bits per heavy atom. The van der Waals surface area contributed by atoms with Gasteiger partial charge in [-0.25, -0.2) is 0 Å². The van der Waals surface area contributed by atoms with Gasteiger partial charge in [-0.15, -0.1) is 10.9 Å². The Morgan fingerprint density at radius 2 is 0.784 bits per heavy atom. The fraction of sp³-hybridized carbons (Fsp3) is 0.0625. The van der Waals surface area contributed by atoms with Gasteiger partial charge in [0.05, 0.1) is 0 Å². The molecule has 0 saturated carbocycles. The van der Waals surface area contributed by atoms with Crippen molar-refractivity contribution in [2.45, 2.75) is 11.7 Å². The van der Waals surface area contributed by atoms with Crippen molar-refractivity contribution < 1.29 is 13.9 Å². The lowest BCUT2D eigenvalue weighted by Gasteiger charge is -2.56. The zero-order valence-electron chi connectivity index (χ0n) is 20.3. The second kappa shape index (κ2) is 9.99. The number of hydrogen-bond acceptors (Lipinski definition) is 3. The summed E-state index contributed by atoms with van der Waals surface area (Å²) in [6.45, 7) is -2.19. The maximum atomic E-state index is 15.6. The average Bonchev–Trinajstić information content (AvgIpc) is 2.99. The van der Waals surface area contributed by atoms with Gasteiger partial charge in [-0.1, -0.05) is 152 Å². The summed E-state index contributed by atoms with van der Waals surface area (Å²) in [5.41, 5.74) is 3.57. The number of benzene rings is 5. The molecule has 1 aliphatic heterocycles. The molecule has 1 heterocycles. The van der Waals surface area contributed by atoms with Crippen LogP contribution in [0.3, 0.4) is 0 Å². The van der Waals surface area contributed by atoms with Crippen LogP contribution in [-0.2, 0) is 13.9 Å². The van der Waals surface area contributed by atoms with E-state index in [1.807, 2.05) is 152 Å². The summed E-state index contributed by atoms with van der Waals surface area (Å²) < 4.78 is 29.9. The first-order valence-corrected chi connectivity index (χ1v) is 14.4. The van der Waals surface area contributed by atoms with Crippen LogP contribution >= 0.6 is 7.14 Å². The van der Waals surface area contributed by atoms with Crippen molar-refractivity contribution in [1.29, 1.82) is 0 Å². The van der Waals surface area contributed by atoms with Gasteiger partial charge >= 0.3 is 0 Å². The summed E-state index contributed by atoms with van der Waals surface area (Å²) in [6, 6.07) is 49.6. The third kappa shape index (κ3) is 4.18. The molecular formula is C32H27BO3P-. The molecule has 3 nitrogen and oxygen atoms in total. The topological polar surface area (TPSA) is 35.5 Å². The summed E-state index contributed by atoms with van der Waals surface area (Å²) in [4.78, 5) is 0. The highest BCUT2D eigenvalue weighted by molar-refractivity contribution is 7.72. The Morgan fingerprint density at radius 3 is 1.16 bits per heavy atom. The predicted octanol–water partition coefficient (Wildman–Crippen LogP) is 6.38. The van der Waals surface area contributed by atoms with Crippen LogP contribution in [0.1, 0.15) is 22.8 Å². The van der Waals surface area contributed by atoms with E-state index in [4.69, 9.17) is 9.31 Å². The second-order valence-electron chi connectivity index (χ2n) is 9.38. The van der Waals surface area contributed by atoms with Gasteiger partial charge in [0.2, 0.25) is 0 Å². The van der Waals surface area contributed by atoms with Gasteiger partial charge in [-0.3, -0.25) is 0 Å². The smallest absolute Gasteiger partial charge is 0.300 e. The van der Waals surface area contributed by atoms with Gasteiger partial charge in [-0.2, -0.15) is 0 Å². The molecule has 5 aromatic carbocycles. The SMILES string of the molecule is O=P1(c2ccccc2)C(c2ccccc2)O[B-](c2ccccc2)(c2ccccc2)OC1c1ccccc1. The van der Waals surface area contributed by atoms with Crippen molar-refractivity contribution in [2.24, 2.45) is 0 Å². The minimum absolute atomic E-state index is 0.713. The molecule has 5 aromatic rings. The molecule has 0 bridgehead atoms. The monoisotopic (exact) mass is 501 g/mol. The van der Waals surface area contributed by atoms with Gasteiger partial charge in [0.25, 0.3) is 6.55 Å². The van der Waals surface area contributed by atoms with Gasteiger partial charge in [-0.05, 0) is 11.1 Å². The summed E-state index contributed by atoms with van der Waals surface area (Å²) in [5, 5.41) is 0.739. The fourth-order valence-electron chi connectivity index (χ4n) is 5.39. The minimum Gasteiger partial charge on any atom is -0.549 e. The van der Waals surface area contributed by atoms with Crippen LogP contribution in [0.4, 0.5) is 0 Å². The average molecular weight is 501 g/mol. The van der Waals surface area contributed by atoms with Gasteiger partial charge in [0.15, 0.2) is 7.14 Å². The maximum Gasteiger partial charge on any atom is 0.300 e. The van der Waals surface area contributed by atoms with E-state index in [9.17, 15) is 0 Å². The number of hydrogen-bond donors (Lipinski definition) is 0. The molecule has 0 aliphatic carbocycles. The molecule has 1 saturated heterocycles. The molecule has 182 valence electrons. The van der Waals surface area contributed by atoms with Crippen LogP contribution < -0.4 is 16.2 Å². The zero-order chi connectivity index (χ0) is 25.1. The molecule has 5 heteroatoms. The lowest BCUT2D eigenvalue weighted by atomic mass is 9.46.